The van der Waals surface area contributed by atoms with Gasteiger partial charge in [0.15, 0.2) is 9.84 Å². The number of aryl methyl sites for hydroxylation is 1. The molecule has 0 radical (unpaired) electrons. The minimum atomic E-state index is -3.39. The normalized spacial score (nSPS) is 22.5. The molecule has 35 heavy (non-hydrogen) atoms. The Balaban J connectivity index is 1.47. The van der Waals surface area contributed by atoms with Crippen LogP contribution in [0.15, 0.2) is 53.4 Å². The standard InChI is InChI=1S/C28H37NO5S/c1-5-33-24-18-25(22-9-7-6-8-10-22)34-28(19-24)13-15-29(16-14-28)27(30)23-11-12-26(21(4)17-23)35(31,32)20(2)3/h6-12,17,20,24-25H,5,13-16,18-19H2,1-4H3. The Morgan fingerprint density at radius 3 is 2.43 bits per heavy atom. The maximum atomic E-state index is 13.3. The number of piperidine rings is 1. The zero-order valence-electron chi connectivity index (χ0n) is 21.2. The van der Waals surface area contributed by atoms with E-state index in [-0.39, 0.29) is 23.7 Å². The summed E-state index contributed by atoms with van der Waals surface area (Å²) in [4.78, 5) is 15.4. The lowest BCUT2D eigenvalue weighted by Crippen LogP contribution is -2.52. The second kappa shape index (κ2) is 10.4. The van der Waals surface area contributed by atoms with Crippen LogP contribution in [0.4, 0.5) is 0 Å². The highest BCUT2D eigenvalue weighted by atomic mass is 32.2. The Morgan fingerprint density at radius 2 is 1.83 bits per heavy atom. The van der Waals surface area contributed by atoms with Crippen molar-refractivity contribution < 1.29 is 22.7 Å². The van der Waals surface area contributed by atoms with Gasteiger partial charge in [0, 0.05) is 38.1 Å². The van der Waals surface area contributed by atoms with E-state index >= 15 is 0 Å². The molecule has 2 atom stereocenters. The van der Waals surface area contributed by atoms with E-state index in [9.17, 15) is 13.2 Å². The second-order valence-electron chi connectivity index (χ2n) is 10.1. The molecule has 2 saturated heterocycles. The number of hydrogen-bond donors (Lipinski definition) is 0. The zero-order chi connectivity index (χ0) is 25.2. The molecule has 2 aromatic rings. The van der Waals surface area contributed by atoms with Crippen LogP contribution < -0.4 is 0 Å². The fourth-order valence-corrected chi connectivity index (χ4v) is 6.62. The van der Waals surface area contributed by atoms with Crippen molar-refractivity contribution in [2.45, 2.75) is 81.3 Å². The quantitative estimate of drug-likeness (QED) is 0.552. The van der Waals surface area contributed by atoms with Crippen LogP contribution in [0.25, 0.3) is 0 Å². The van der Waals surface area contributed by atoms with Gasteiger partial charge in [0.25, 0.3) is 5.91 Å². The van der Waals surface area contributed by atoms with Crippen LogP contribution in [-0.4, -0.2) is 55.9 Å². The van der Waals surface area contributed by atoms with Crippen molar-refractivity contribution in [2.24, 2.45) is 0 Å². The summed E-state index contributed by atoms with van der Waals surface area (Å²) in [5.41, 5.74) is 2.00. The van der Waals surface area contributed by atoms with Crippen LogP contribution >= 0.6 is 0 Å². The van der Waals surface area contributed by atoms with Gasteiger partial charge >= 0.3 is 0 Å². The average Bonchev–Trinajstić information content (AvgIpc) is 2.84. The molecule has 2 unspecified atom stereocenters. The maximum Gasteiger partial charge on any atom is 0.253 e. The minimum absolute atomic E-state index is 0.0122. The predicted octanol–water partition coefficient (Wildman–Crippen LogP) is 5.11. The number of amides is 1. The summed E-state index contributed by atoms with van der Waals surface area (Å²) in [5.74, 6) is -0.0618. The third kappa shape index (κ3) is 5.47. The first-order valence-corrected chi connectivity index (χ1v) is 14.2. The molecule has 6 nitrogen and oxygen atoms in total. The number of rotatable bonds is 6. The first-order chi connectivity index (χ1) is 16.6. The largest absolute Gasteiger partial charge is 0.378 e. The van der Waals surface area contributed by atoms with E-state index in [2.05, 4.69) is 12.1 Å². The van der Waals surface area contributed by atoms with Gasteiger partial charge in [-0.2, -0.15) is 0 Å². The molecule has 0 N–H and O–H groups in total. The molecule has 2 aromatic carbocycles. The van der Waals surface area contributed by atoms with E-state index < -0.39 is 15.1 Å². The third-order valence-electron chi connectivity index (χ3n) is 7.35. The van der Waals surface area contributed by atoms with Gasteiger partial charge < -0.3 is 14.4 Å². The summed E-state index contributed by atoms with van der Waals surface area (Å²) in [7, 11) is -3.39. The van der Waals surface area contributed by atoms with Crippen molar-refractivity contribution in [2.75, 3.05) is 19.7 Å². The number of carbonyl (C=O) groups is 1. The van der Waals surface area contributed by atoms with Crippen LogP contribution in [0.1, 0.15) is 74.0 Å². The number of carbonyl (C=O) groups excluding carboxylic acids is 1. The van der Waals surface area contributed by atoms with Crippen LogP contribution in [0, 0.1) is 6.92 Å². The molecule has 1 spiro atoms. The number of sulfone groups is 1. The second-order valence-corrected chi connectivity index (χ2v) is 12.6. The maximum absolute atomic E-state index is 13.3. The van der Waals surface area contributed by atoms with Gasteiger partial charge in [0.05, 0.1) is 28.0 Å². The molecule has 0 aliphatic carbocycles. The van der Waals surface area contributed by atoms with Crippen LogP contribution in [-0.2, 0) is 19.3 Å². The Labute approximate surface area is 209 Å². The first kappa shape index (κ1) is 25.9. The molecule has 2 aliphatic heterocycles. The Morgan fingerprint density at radius 1 is 1.14 bits per heavy atom. The lowest BCUT2D eigenvalue weighted by atomic mass is 9.80. The third-order valence-corrected chi connectivity index (χ3v) is 9.67. The number of likely N-dealkylation sites (tertiary alicyclic amines) is 1. The summed E-state index contributed by atoms with van der Waals surface area (Å²) in [6.45, 7) is 9.00. The molecule has 0 aromatic heterocycles. The fourth-order valence-electron chi connectivity index (χ4n) is 5.35. The number of ether oxygens (including phenoxy) is 2. The number of benzene rings is 2. The molecule has 2 heterocycles. The molecule has 190 valence electrons. The summed E-state index contributed by atoms with van der Waals surface area (Å²) < 4.78 is 38.0. The minimum Gasteiger partial charge on any atom is -0.378 e. The molecule has 0 bridgehead atoms. The van der Waals surface area contributed by atoms with Crippen molar-refractivity contribution in [1.29, 1.82) is 0 Å². The van der Waals surface area contributed by atoms with Gasteiger partial charge in [-0.1, -0.05) is 30.3 Å². The molecule has 2 fully saturated rings. The van der Waals surface area contributed by atoms with E-state index in [1.165, 1.54) is 5.56 Å². The highest BCUT2D eigenvalue weighted by molar-refractivity contribution is 7.92. The van der Waals surface area contributed by atoms with Gasteiger partial charge in [0.2, 0.25) is 0 Å². The Kier molecular flexibility index (Phi) is 7.69. The van der Waals surface area contributed by atoms with Crippen molar-refractivity contribution in [3.8, 4) is 0 Å². The Hall–Kier alpha value is -2.22. The monoisotopic (exact) mass is 499 g/mol. The molecular weight excluding hydrogens is 462 g/mol. The Bertz CT molecular complexity index is 1140. The summed E-state index contributed by atoms with van der Waals surface area (Å²) in [6, 6.07) is 15.2. The molecule has 4 rings (SSSR count). The fraction of sp³-hybridized carbons (Fsp3) is 0.536. The highest BCUT2D eigenvalue weighted by Crippen LogP contribution is 2.44. The van der Waals surface area contributed by atoms with E-state index in [1.54, 1.807) is 39.0 Å². The van der Waals surface area contributed by atoms with Gasteiger partial charge in [0.1, 0.15) is 0 Å². The van der Waals surface area contributed by atoms with Crippen molar-refractivity contribution >= 4 is 15.7 Å². The average molecular weight is 500 g/mol. The molecule has 1 amide bonds. The van der Waals surface area contributed by atoms with Gasteiger partial charge in [-0.3, -0.25) is 4.79 Å². The lowest BCUT2D eigenvalue weighted by molar-refractivity contribution is -0.190. The lowest BCUT2D eigenvalue weighted by Gasteiger charge is -2.48. The smallest absolute Gasteiger partial charge is 0.253 e. The summed E-state index contributed by atoms with van der Waals surface area (Å²) >= 11 is 0. The summed E-state index contributed by atoms with van der Waals surface area (Å²) in [6.07, 6.45) is 3.32. The SMILES string of the molecule is CCOC1CC(c2ccccc2)OC2(CCN(C(=O)c3ccc(S(=O)(=O)C(C)C)c(C)c3)CC2)C1. The number of hydrogen-bond acceptors (Lipinski definition) is 5. The van der Waals surface area contributed by atoms with Crippen molar-refractivity contribution in [1.82, 2.24) is 4.90 Å². The predicted molar refractivity (Wildman–Crippen MR) is 136 cm³/mol. The molecule has 2 aliphatic rings. The van der Waals surface area contributed by atoms with Crippen molar-refractivity contribution in [3.63, 3.8) is 0 Å². The number of nitrogens with zero attached hydrogens (tertiary/aromatic N) is 1. The highest BCUT2D eigenvalue weighted by Gasteiger charge is 2.45. The van der Waals surface area contributed by atoms with Crippen molar-refractivity contribution in [3.05, 3.63) is 65.2 Å². The van der Waals surface area contributed by atoms with Gasteiger partial charge in [-0.05, 0) is 69.9 Å². The molecule has 7 heteroatoms. The van der Waals surface area contributed by atoms with E-state index in [4.69, 9.17) is 9.47 Å². The first-order valence-electron chi connectivity index (χ1n) is 12.6. The zero-order valence-corrected chi connectivity index (χ0v) is 22.0. The summed E-state index contributed by atoms with van der Waals surface area (Å²) in [5, 5.41) is -0.503. The van der Waals surface area contributed by atoms with Crippen LogP contribution in [0.2, 0.25) is 0 Å². The van der Waals surface area contributed by atoms with Crippen LogP contribution in [0.5, 0.6) is 0 Å². The van der Waals surface area contributed by atoms with E-state index in [1.807, 2.05) is 30.0 Å². The molecule has 0 saturated carbocycles. The molecular formula is C28H37NO5S. The van der Waals surface area contributed by atoms with E-state index in [0.29, 0.717) is 35.7 Å². The van der Waals surface area contributed by atoms with Gasteiger partial charge in [-0.25, -0.2) is 8.42 Å². The topological polar surface area (TPSA) is 72.9 Å². The van der Waals surface area contributed by atoms with Crippen LogP contribution in [0.3, 0.4) is 0 Å². The van der Waals surface area contributed by atoms with E-state index in [0.717, 1.165) is 25.7 Å². The van der Waals surface area contributed by atoms with Gasteiger partial charge in [-0.15, -0.1) is 0 Å².